The minimum Gasteiger partial charge on any atom is -0.481 e. The number of hydrogen-bond acceptors (Lipinski definition) is 2. The molecule has 1 aromatic carbocycles. The molecule has 0 aromatic heterocycles. The average Bonchev–Trinajstić information content (AvgIpc) is 2.46. The first kappa shape index (κ1) is 13.9. The van der Waals surface area contributed by atoms with Crippen LogP contribution < -0.4 is 4.74 Å². The molecule has 0 bridgehead atoms. The first-order valence-electron chi connectivity index (χ1n) is 7.21. The third kappa shape index (κ3) is 3.72. The molecule has 1 heterocycles. The molecule has 1 aliphatic rings. The highest BCUT2D eigenvalue weighted by Crippen LogP contribution is 2.19. The van der Waals surface area contributed by atoms with Gasteiger partial charge >= 0.3 is 0 Å². The minimum absolute atomic E-state index is 0.137. The van der Waals surface area contributed by atoms with Crippen LogP contribution in [0.2, 0.25) is 0 Å². The van der Waals surface area contributed by atoms with Crippen molar-refractivity contribution >= 4 is 5.91 Å². The summed E-state index contributed by atoms with van der Waals surface area (Å²) in [6.45, 7) is 5.99. The van der Waals surface area contributed by atoms with E-state index in [0.29, 0.717) is 6.42 Å². The summed E-state index contributed by atoms with van der Waals surface area (Å²) in [7, 11) is 0. The van der Waals surface area contributed by atoms with E-state index < -0.39 is 0 Å². The van der Waals surface area contributed by atoms with Crippen LogP contribution in [0.4, 0.5) is 0 Å². The van der Waals surface area contributed by atoms with Crippen molar-refractivity contribution in [3.8, 4) is 5.75 Å². The van der Waals surface area contributed by atoms with Gasteiger partial charge in [0.1, 0.15) is 5.75 Å². The van der Waals surface area contributed by atoms with Gasteiger partial charge in [-0.2, -0.15) is 0 Å². The van der Waals surface area contributed by atoms with Gasteiger partial charge in [-0.1, -0.05) is 32.0 Å². The summed E-state index contributed by atoms with van der Waals surface area (Å²) in [5, 5.41) is 0. The number of carbonyl (C=O) groups is 1. The second-order valence-electron chi connectivity index (χ2n) is 5.34. The zero-order chi connectivity index (χ0) is 13.7. The number of nitrogens with zero attached hydrogens (tertiary/aromatic N) is 1. The van der Waals surface area contributed by atoms with Crippen LogP contribution in [0.5, 0.6) is 5.75 Å². The normalized spacial score (nSPS) is 18.1. The van der Waals surface area contributed by atoms with Crippen LogP contribution in [0.1, 0.15) is 33.1 Å². The maximum Gasteiger partial charge on any atom is 0.263 e. The molecule has 1 saturated heterocycles. The molecular weight excluding hydrogens is 238 g/mol. The Kier molecular flexibility index (Phi) is 4.83. The second kappa shape index (κ2) is 6.60. The summed E-state index contributed by atoms with van der Waals surface area (Å²) < 4.78 is 5.81. The number of likely N-dealkylation sites (tertiary alicyclic amines) is 1. The Bertz CT molecular complexity index is 396. The lowest BCUT2D eigenvalue weighted by Gasteiger charge is -2.32. The summed E-state index contributed by atoms with van der Waals surface area (Å²) in [5.41, 5.74) is 0. The molecule has 1 aromatic rings. The van der Waals surface area contributed by atoms with Gasteiger partial charge in [-0.3, -0.25) is 4.79 Å². The summed E-state index contributed by atoms with van der Waals surface area (Å²) in [5.74, 6) is 1.64. The second-order valence-corrected chi connectivity index (χ2v) is 5.34. The van der Waals surface area contributed by atoms with Crippen molar-refractivity contribution in [1.29, 1.82) is 0 Å². The zero-order valence-electron chi connectivity index (χ0n) is 11.8. The van der Waals surface area contributed by atoms with E-state index in [-0.39, 0.29) is 12.0 Å². The zero-order valence-corrected chi connectivity index (χ0v) is 11.8. The number of amides is 1. The van der Waals surface area contributed by atoms with Crippen LogP contribution in [0.15, 0.2) is 30.3 Å². The highest BCUT2D eigenvalue weighted by Gasteiger charge is 2.27. The number of carbonyl (C=O) groups excluding carboxylic acids is 1. The third-order valence-electron chi connectivity index (χ3n) is 3.76. The lowest BCUT2D eigenvalue weighted by Crippen LogP contribution is -2.45. The smallest absolute Gasteiger partial charge is 0.263 e. The van der Waals surface area contributed by atoms with E-state index in [1.165, 1.54) is 0 Å². The Morgan fingerprint density at radius 2 is 1.95 bits per heavy atom. The van der Waals surface area contributed by atoms with Crippen molar-refractivity contribution in [2.45, 2.75) is 39.2 Å². The Hall–Kier alpha value is -1.51. The van der Waals surface area contributed by atoms with Crippen LogP contribution >= 0.6 is 0 Å². The van der Waals surface area contributed by atoms with E-state index in [1.807, 2.05) is 42.2 Å². The van der Waals surface area contributed by atoms with Crippen LogP contribution in [0.3, 0.4) is 0 Å². The Balaban J connectivity index is 1.95. The Labute approximate surface area is 115 Å². The number of ether oxygens (including phenoxy) is 1. The summed E-state index contributed by atoms with van der Waals surface area (Å²) in [6.07, 6.45) is 2.57. The maximum atomic E-state index is 12.4. The van der Waals surface area contributed by atoms with Crippen molar-refractivity contribution < 1.29 is 9.53 Å². The quantitative estimate of drug-likeness (QED) is 0.833. The first-order chi connectivity index (χ1) is 9.20. The fraction of sp³-hybridized carbons (Fsp3) is 0.562. The summed E-state index contributed by atoms with van der Waals surface area (Å²) >= 11 is 0. The molecule has 0 spiro atoms. The molecule has 0 saturated carbocycles. The van der Waals surface area contributed by atoms with Gasteiger partial charge in [0.2, 0.25) is 0 Å². The van der Waals surface area contributed by atoms with Crippen molar-refractivity contribution in [2.24, 2.45) is 5.92 Å². The van der Waals surface area contributed by atoms with Gasteiger partial charge in [-0.05, 0) is 37.3 Å². The van der Waals surface area contributed by atoms with Crippen molar-refractivity contribution in [2.75, 3.05) is 13.1 Å². The van der Waals surface area contributed by atoms with Gasteiger partial charge in [0.25, 0.3) is 5.91 Å². The largest absolute Gasteiger partial charge is 0.481 e. The van der Waals surface area contributed by atoms with Gasteiger partial charge < -0.3 is 9.64 Å². The molecule has 1 aliphatic heterocycles. The summed E-state index contributed by atoms with van der Waals surface area (Å²) in [4.78, 5) is 14.4. The van der Waals surface area contributed by atoms with Crippen molar-refractivity contribution in [3.05, 3.63) is 30.3 Å². The molecule has 3 heteroatoms. The van der Waals surface area contributed by atoms with E-state index >= 15 is 0 Å². The third-order valence-corrected chi connectivity index (χ3v) is 3.76. The minimum atomic E-state index is -0.351. The molecule has 0 radical (unpaired) electrons. The highest BCUT2D eigenvalue weighted by molar-refractivity contribution is 5.81. The van der Waals surface area contributed by atoms with Gasteiger partial charge in [0.05, 0.1) is 0 Å². The SMILES string of the molecule is CC[C@H](Oc1ccccc1)C(=O)N1CCC(C)CC1. The standard InChI is InChI=1S/C16H23NO2/c1-3-15(19-14-7-5-4-6-8-14)16(18)17-11-9-13(2)10-12-17/h4-8,13,15H,3,9-12H2,1-2H3/t15-/m0/s1. The van der Waals surface area contributed by atoms with E-state index in [9.17, 15) is 4.79 Å². The number of hydrogen-bond donors (Lipinski definition) is 0. The Morgan fingerprint density at radius 3 is 2.53 bits per heavy atom. The molecular formula is C16H23NO2. The van der Waals surface area contributed by atoms with Gasteiger partial charge in [-0.15, -0.1) is 0 Å². The molecule has 19 heavy (non-hydrogen) atoms. The molecule has 0 unspecified atom stereocenters. The monoisotopic (exact) mass is 261 g/mol. The van der Waals surface area contributed by atoms with Crippen molar-refractivity contribution in [3.63, 3.8) is 0 Å². The van der Waals surface area contributed by atoms with Crippen LogP contribution in [0.25, 0.3) is 0 Å². The predicted molar refractivity (Wildman–Crippen MR) is 76.1 cm³/mol. The Morgan fingerprint density at radius 1 is 1.32 bits per heavy atom. The number of benzene rings is 1. The summed E-state index contributed by atoms with van der Waals surface area (Å²) in [6, 6.07) is 9.59. The molecule has 2 rings (SSSR count). The molecule has 104 valence electrons. The van der Waals surface area contributed by atoms with Gasteiger partial charge in [0.15, 0.2) is 6.10 Å². The first-order valence-corrected chi connectivity index (χ1v) is 7.21. The lowest BCUT2D eigenvalue weighted by molar-refractivity contribution is -0.140. The maximum absolute atomic E-state index is 12.4. The van der Waals surface area contributed by atoms with Crippen LogP contribution in [-0.2, 0) is 4.79 Å². The highest BCUT2D eigenvalue weighted by atomic mass is 16.5. The molecule has 1 atom stereocenters. The predicted octanol–water partition coefficient (Wildman–Crippen LogP) is 3.10. The molecule has 0 aliphatic carbocycles. The number of para-hydroxylation sites is 1. The number of piperidine rings is 1. The topological polar surface area (TPSA) is 29.5 Å². The fourth-order valence-corrected chi connectivity index (χ4v) is 2.40. The average molecular weight is 261 g/mol. The van der Waals surface area contributed by atoms with Gasteiger partial charge in [-0.25, -0.2) is 0 Å². The molecule has 1 fully saturated rings. The molecule has 3 nitrogen and oxygen atoms in total. The van der Waals surface area contributed by atoms with Gasteiger partial charge in [0, 0.05) is 13.1 Å². The van der Waals surface area contributed by atoms with Crippen LogP contribution in [-0.4, -0.2) is 30.0 Å². The van der Waals surface area contributed by atoms with E-state index in [1.54, 1.807) is 0 Å². The van der Waals surface area contributed by atoms with Crippen molar-refractivity contribution in [1.82, 2.24) is 4.90 Å². The fourth-order valence-electron chi connectivity index (χ4n) is 2.40. The van der Waals surface area contributed by atoms with E-state index in [2.05, 4.69) is 6.92 Å². The van der Waals surface area contributed by atoms with E-state index in [0.717, 1.165) is 37.6 Å². The number of rotatable bonds is 4. The van der Waals surface area contributed by atoms with Crippen LogP contribution in [0, 0.1) is 5.92 Å². The molecule has 0 N–H and O–H groups in total. The lowest BCUT2D eigenvalue weighted by atomic mass is 9.99. The molecule has 1 amide bonds. The van der Waals surface area contributed by atoms with E-state index in [4.69, 9.17) is 4.74 Å².